The first-order valence-electron chi connectivity index (χ1n) is 3.80. The Morgan fingerprint density at radius 1 is 0.625 bits per heavy atom. The van der Waals surface area contributed by atoms with E-state index in [4.69, 9.17) is 9.59 Å². The van der Waals surface area contributed by atoms with Crippen LogP contribution < -0.4 is 0 Å². The van der Waals surface area contributed by atoms with E-state index in [0.29, 0.717) is 0 Å². The number of hydrogen-bond donors (Lipinski definition) is 0. The number of hydrogen-bond acceptors (Lipinski definition) is 2. The smallest absolute Gasteiger partial charge is 0 e. The first-order chi connectivity index (χ1) is 7.00. The first kappa shape index (κ1) is 24.3. The molecule has 0 amide bonds. The summed E-state index contributed by atoms with van der Waals surface area (Å²) in [6.07, 6.45) is 0. The zero-order valence-electron chi connectivity index (χ0n) is 8.38. The molecule has 0 heterocycles. The Kier molecular flexibility index (Phi) is 44.4. The Labute approximate surface area is 117 Å². The Hall–Kier alpha value is -0.973. The van der Waals surface area contributed by atoms with Gasteiger partial charge in [-0.15, -0.1) is 0 Å². The quantitative estimate of drug-likeness (QED) is 0.425. The van der Waals surface area contributed by atoms with E-state index in [1.54, 1.807) is 0 Å². The molecule has 0 fully saturated rings. The van der Waals surface area contributed by atoms with E-state index in [1.165, 1.54) is 0 Å². The van der Waals surface area contributed by atoms with Crippen LogP contribution >= 0.6 is 0 Å². The molecule has 0 saturated carbocycles. The molecule has 0 aliphatic carbocycles. The molecule has 0 saturated heterocycles. The molecule has 0 atom stereocenters. The van der Waals surface area contributed by atoms with Crippen LogP contribution in [0.5, 0.6) is 0 Å². The van der Waals surface area contributed by atoms with Crippen molar-refractivity contribution in [3.05, 3.63) is 60.7 Å². The molecule has 4 heteroatoms. The zero-order chi connectivity index (χ0) is 11.1. The first-order valence-corrected chi connectivity index (χ1v) is 3.80. The second-order valence-electron chi connectivity index (χ2n) is 1.92. The van der Waals surface area contributed by atoms with Crippen LogP contribution in [0.15, 0.2) is 60.7 Å². The second kappa shape index (κ2) is 29.2. The van der Waals surface area contributed by atoms with Gasteiger partial charge in [-0.2, -0.15) is 18.2 Å². The monoisotopic (exact) mass is 304 g/mol. The molecule has 0 N–H and O–H groups in total. The summed E-state index contributed by atoms with van der Waals surface area (Å²) in [6, 6.07) is 20.0. The maximum atomic E-state index is 7.75. The summed E-state index contributed by atoms with van der Waals surface area (Å²) in [7, 11) is 0. The minimum Gasteiger partial charge on any atom is -0.748 e. The fourth-order valence-electron chi connectivity index (χ4n) is 0.642. The Balaban J connectivity index is -0.0000000631. The van der Waals surface area contributed by atoms with Crippen LogP contribution in [-0.2, 0) is 42.6 Å². The van der Waals surface area contributed by atoms with Crippen molar-refractivity contribution < 1.29 is 42.6 Å². The standard InChI is InChI=1S/2C5H5.2CHO.2Ni/c2*1-2-4-5-3-1;2*1-2;;/h2*1-5H;2*1H;;/q-5;3*-1;;. The second-order valence-corrected chi connectivity index (χ2v) is 1.92. The van der Waals surface area contributed by atoms with Gasteiger partial charge in [0.05, 0.1) is 0 Å². The summed E-state index contributed by atoms with van der Waals surface area (Å²) in [5, 5.41) is 0. The van der Waals surface area contributed by atoms with E-state index >= 15 is 0 Å². The topological polar surface area (TPSA) is 34.1 Å². The molecule has 0 aromatic heterocycles. The molecule has 2 nitrogen and oxygen atoms in total. The van der Waals surface area contributed by atoms with Crippen molar-refractivity contribution in [2.75, 3.05) is 0 Å². The molecule has 0 unspecified atom stereocenters. The summed E-state index contributed by atoms with van der Waals surface area (Å²) in [4.78, 5) is 15.5. The molecule has 0 aliphatic heterocycles. The molecule has 100 valence electrons. The van der Waals surface area contributed by atoms with Gasteiger partial charge >= 0.3 is 0 Å². The van der Waals surface area contributed by atoms with Crippen molar-refractivity contribution in [2.24, 2.45) is 0 Å². The largest absolute Gasteiger partial charge is 0.748 e. The van der Waals surface area contributed by atoms with Crippen LogP contribution in [0.1, 0.15) is 0 Å². The van der Waals surface area contributed by atoms with Crippen molar-refractivity contribution in [2.45, 2.75) is 0 Å². The van der Waals surface area contributed by atoms with Gasteiger partial charge < -0.3 is 39.9 Å². The van der Waals surface area contributed by atoms with Gasteiger partial charge in [0.25, 0.3) is 0 Å². The van der Waals surface area contributed by atoms with Gasteiger partial charge in [0.15, 0.2) is 0 Å². The maximum Gasteiger partial charge on any atom is 0 e. The molecule has 2 aromatic rings. The van der Waals surface area contributed by atoms with E-state index < -0.39 is 0 Å². The summed E-state index contributed by atoms with van der Waals surface area (Å²) in [5.74, 6) is 0. The Morgan fingerprint density at radius 3 is 1.00 bits per heavy atom. The summed E-state index contributed by atoms with van der Waals surface area (Å²) < 4.78 is 0. The molecular formula is C12H12Ni2O2-8. The maximum absolute atomic E-state index is 7.75. The predicted molar refractivity (Wildman–Crippen MR) is 57.6 cm³/mol. The van der Waals surface area contributed by atoms with Gasteiger partial charge in [-0.3, -0.25) is 13.6 Å². The summed E-state index contributed by atoms with van der Waals surface area (Å²) in [5.41, 5.74) is 0. The Morgan fingerprint density at radius 2 is 0.875 bits per heavy atom. The van der Waals surface area contributed by atoms with E-state index in [1.807, 2.05) is 60.7 Å². The zero-order valence-corrected chi connectivity index (χ0v) is 10.4. The summed E-state index contributed by atoms with van der Waals surface area (Å²) >= 11 is 0. The van der Waals surface area contributed by atoms with Gasteiger partial charge in [-0.1, -0.05) is 0 Å². The van der Waals surface area contributed by atoms with Crippen molar-refractivity contribution in [1.82, 2.24) is 0 Å². The number of rotatable bonds is 0. The van der Waals surface area contributed by atoms with Crippen LogP contribution in [0, 0.1) is 0 Å². The van der Waals surface area contributed by atoms with Crippen LogP contribution in [0.25, 0.3) is 0 Å². The van der Waals surface area contributed by atoms with E-state index in [-0.39, 0.29) is 33.0 Å². The van der Waals surface area contributed by atoms with Crippen LogP contribution in [0.3, 0.4) is 0 Å². The molecular weight excluding hydrogens is 294 g/mol. The van der Waals surface area contributed by atoms with Gasteiger partial charge in [-0.05, 0) is 0 Å². The van der Waals surface area contributed by atoms with Crippen molar-refractivity contribution in [1.29, 1.82) is 0 Å². The molecule has 2 rings (SSSR count). The minimum absolute atomic E-state index is 0. The van der Waals surface area contributed by atoms with Gasteiger partial charge in [0.2, 0.25) is 0 Å². The van der Waals surface area contributed by atoms with E-state index in [0.717, 1.165) is 0 Å². The molecule has 0 aliphatic rings. The van der Waals surface area contributed by atoms with E-state index in [2.05, 4.69) is 13.6 Å². The third-order valence-electron chi connectivity index (χ3n) is 1.11. The Bertz CT molecular complexity index is 179. The van der Waals surface area contributed by atoms with Crippen LogP contribution in [0.2, 0.25) is 0 Å². The van der Waals surface area contributed by atoms with E-state index in [9.17, 15) is 0 Å². The SMILES string of the molecule is [CH-]=O.[CH-]=O.[Ni].[Ni].[cH-]1[cH-][cH-][cH-][cH-]1.c1cc[cH-]c1. The van der Waals surface area contributed by atoms with Crippen LogP contribution in [0.4, 0.5) is 0 Å². The molecule has 0 spiro atoms. The third kappa shape index (κ3) is 23.1. The normalized spacial score (nSPS) is 5.50. The molecule has 0 radical (unpaired) electrons. The molecule has 16 heavy (non-hydrogen) atoms. The fourth-order valence-corrected chi connectivity index (χ4v) is 0.642. The predicted octanol–water partition coefficient (Wildman–Crippen LogP) is 2.26. The summed E-state index contributed by atoms with van der Waals surface area (Å²) in [6.45, 7) is 6.50. The number of carbonyl (C=O) groups excluding carboxylic acids is 2. The molecule has 0 bridgehead atoms. The fraction of sp³-hybridized carbons (Fsp3) is 0. The van der Waals surface area contributed by atoms with Gasteiger partial charge in [0.1, 0.15) is 0 Å². The van der Waals surface area contributed by atoms with Gasteiger partial charge in [-0.25, -0.2) is 12.1 Å². The average Bonchev–Trinajstić information content (AvgIpc) is 3.01. The van der Waals surface area contributed by atoms with Crippen molar-refractivity contribution >= 4 is 13.6 Å². The van der Waals surface area contributed by atoms with Crippen molar-refractivity contribution in [3.63, 3.8) is 0 Å². The van der Waals surface area contributed by atoms with Crippen molar-refractivity contribution in [3.8, 4) is 0 Å². The minimum atomic E-state index is 0. The van der Waals surface area contributed by atoms with Gasteiger partial charge in [0, 0.05) is 33.0 Å². The molecule has 2 aromatic carbocycles. The average molecular weight is 306 g/mol. The van der Waals surface area contributed by atoms with Crippen LogP contribution in [-0.4, -0.2) is 13.6 Å². The third-order valence-corrected chi connectivity index (χ3v) is 1.11.